The standard InChI is InChI=1S/C18H30BrNO/c1-17(2,3)11-12-21-16(13-20-18(4,5)6)14-9-7-8-10-15(14)19/h7-10,16,20H,11-13H2,1-6H3. The van der Waals surface area contributed by atoms with Crippen LogP contribution in [0, 0.1) is 5.41 Å². The smallest absolute Gasteiger partial charge is 0.0960 e. The monoisotopic (exact) mass is 355 g/mol. The first-order valence-electron chi connectivity index (χ1n) is 7.69. The molecule has 0 saturated carbocycles. The summed E-state index contributed by atoms with van der Waals surface area (Å²) in [4.78, 5) is 0. The van der Waals surface area contributed by atoms with Crippen molar-refractivity contribution in [3.05, 3.63) is 34.3 Å². The minimum atomic E-state index is 0.0714. The molecule has 0 aliphatic carbocycles. The molecule has 0 fully saturated rings. The van der Waals surface area contributed by atoms with E-state index in [1.54, 1.807) is 0 Å². The summed E-state index contributed by atoms with van der Waals surface area (Å²) in [7, 11) is 0. The lowest BCUT2D eigenvalue weighted by molar-refractivity contribution is 0.0329. The van der Waals surface area contributed by atoms with Gasteiger partial charge in [-0.15, -0.1) is 0 Å². The molecule has 0 aliphatic heterocycles. The van der Waals surface area contributed by atoms with Crippen molar-refractivity contribution in [2.45, 2.75) is 59.6 Å². The van der Waals surface area contributed by atoms with Gasteiger partial charge in [0.15, 0.2) is 0 Å². The van der Waals surface area contributed by atoms with Gasteiger partial charge in [0.2, 0.25) is 0 Å². The van der Waals surface area contributed by atoms with Crippen LogP contribution in [0.1, 0.15) is 59.6 Å². The number of benzene rings is 1. The topological polar surface area (TPSA) is 21.3 Å². The Morgan fingerprint density at radius 2 is 1.71 bits per heavy atom. The van der Waals surface area contributed by atoms with E-state index in [1.807, 2.05) is 6.07 Å². The predicted molar refractivity (Wildman–Crippen MR) is 94.7 cm³/mol. The van der Waals surface area contributed by atoms with Crippen molar-refractivity contribution in [2.75, 3.05) is 13.2 Å². The molecule has 1 atom stereocenters. The van der Waals surface area contributed by atoms with E-state index in [-0.39, 0.29) is 11.6 Å². The third-order valence-corrected chi connectivity index (χ3v) is 3.96. The highest BCUT2D eigenvalue weighted by atomic mass is 79.9. The maximum absolute atomic E-state index is 6.19. The van der Waals surface area contributed by atoms with E-state index in [4.69, 9.17) is 4.74 Å². The second kappa shape index (κ2) is 7.75. The average molecular weight is 356 g/mol. The Balaban J connectivity index is 2.73. The summed E-state index contributed by atoms with van der Waals surface area (Å²) in [5.41, 5.74) is 1.60. The average Bonchev–Trinajstić information content (AvgIpc) is 2.32. The Morgan fingerprint density at radius 3 is 2.24 bits per heavy atom. The molecule has 0 saturated heterocycles. The van der Waals surface area contributed by atoms with Crippen LogP contribution in [-0.4, -0.2) is 18.7 Å². The summed E-state index contributed by atoms with van der Waals surface area (Å²) in [5.74, 6) is 0. The van der Waals surface area contributed by atoms with Crippen LogP contribution in [0.25, 0.3) is 0 Å². The van der Waals surface area contributed by atoms with Gasteiger partial charge in [-0.1, -0.05) is 54.9 Å². The van der Waals surface area contributed by atoms with Gasteiger partial charge in [0.1, 0.15) is 0 Å². The first-order valence-corrected chi connectivity index (χ1v) is 8.49. The van der Waals surface area contributed by atoms with Gasteiger partial charge in [-0.3, -0.25) is 0 Å². The molecule has 0 spiro atoms. The third kappa shape index (κ3) is 7.98. The molecule has 120 valence electrons. The van der Waals surface area contributed by atoms with Crippen LogP contribution in [-0.2, 0) is 4.74 Å². The number of ether oxygens (including phenoxy) is 1. The zero-order valence-corrected chi connectivity index (χ0v) is 15.9. The number of hydrogen-bond donors (Lipinski definition) is 1. The van der Waals surface area contributed by atoms with Crippen molar-refractivity contribution in [1.82, 2.24) is 5.32 Å². The fraction of sp³-hybridized carbons (Fsp3) is 0.667. The number of halogens is 1. The molecule has 1 unspecified atom stereocenters. The van der Waals surface area contributed by atoms with E-state index >= 15 is 0 Å². The van der Waals surface area contributed by atoms with Crippen LogP contribution in [0.2, 0.25) is 0 Å². The zero-order chi connectivity index (χ0) is 16.1. The van der Waals surface area contributed by atoms with Crippen molar-refractivity contribution >= 4 is 15.9 Å². The Bertz CT molecular complexity index is 432. The van der Waals surface area contributed by atoms with Gasteiger partial charge in [0.05, 0.1) is 6.10 Å². The SMILES string of the molecule is CC(C)(C)CCOC(CNC(C)(C)C)c1ccccc1Br. The molecule has 1 N–H and O–H groups in total. The van der Waals surface area contributed by atoms with Gasteiger partial charge < -0.3 is 10.1 Å². The van der Waals surface area contributed by atoms with E-state index in [2.05, 4.69) is 81.0 Å². The number of hydrogen-bond acceptors (Lipinski definition) is 2. The van der Waals surface area contributed by atoms with Crippen molar-refractivity contribution < 1.29 is 4.74 Å². The molecular formula is C18H30BrNO. The molecule has 2 nitrogen and oxygen atoms in total. The Kier molecular flexibility index (Phi) is 6.89. The molecule has 3 heteroatoms. The van der Waals surface area contributed by atoms with Crippen LogP contribution in [0.5, 0.6) is 0 Å². The van der Waals surface area contributed by atoms with Crippen LogP contribution < -0.4 is 5.32 Å². The van der Waals surface area contributed by atoms with E-state index in [9.17, 15) is 0 Å². The fourth-order valence-corrected chi connectivity index (χ4v) is 2.44. The summed E-state index contributed by atoms with van der Waals surface area (Å²) >= 11 is 3.64. The lowest BCUT2D eigenvalue weighted by atomic mass is 9.93. The van der Waals surface area contributed by atoms with E-state index in [0.29, 0.717) is 5.41 Å². The Labute approximate surface area is 138 Å². The zero-order valence-electron chi connectivity index (χ0n) is 14.3. The lowest BCUT2D eigenvalue weighted by Crippen LogP contribution is -2.39. The number of rotatable bonds is 6. The molecule has 21 heavy (non-hydrogen) atoms. The second-order valence-corrected chi connectivity index (χ2v) is 8.68. The molecule has 0 bridgehead atoms. The van der Waals surface area contributed by atoms with Crippen molar-refractivity contribution in [3.8, 4) is 0 Å². The highest BCUT2D eigenvalue weighted by Crippen LogP contribution is 2.27. The van der Waals surface area contributed by atoms with Gasteiger partial charge in [-0.25, -0.2) is 0 Å². The Morgan fingerprint density at radius 1 is 1.10 bits per heavy atom. The highest BCUT2D eigenvalue weighted by Gasteiger charge is 2.19. The minimum Gasteiger partial charge on any atom is -0.372 e. The highest BCUT2D eigenvalue weighted by molar-refractivity contribution is 9.10. The van der Waals surface area contributed by atoms with Crippen LogP contribution in [0.15, 0.2) is 28.7 Å². The quantitative estimate of drug-likeness (QED) is 0.744. The summed E-state index contributed by atoms with van der Waals surface area (Å²) in [6.07, 6.45) is 1.13. The lowest BCUT2D eigenvalue weighted by Gasteiger charge is -2.27. The van der Waals surface area contributed by atoms with Crippen LogP contribution >= 0.6 is 15.9 Å². The van der Waals surface area contributed by atoms with Gasteiger partial charge >= 0.3 is 0 Å². The predicted octanol–water partition coefficient (Wildman–Crippen LogP) is 5.33. The largest absolute Gasteiger partial charge is 0.372 e. The van der Waals surface area contributed by atoms with E-state index in [0.717, 1.165) is 24.0 Å². The molecular weight excluding hydrogens is 326 g/mol. The second-order valence-electron chi connectivity index (χ2n) is 7.82. The molecule has 1 rings (SSSR count). The summed E-state index contributed by atoms with van der Waals surface area (Å²) < 4.78 is 7.30. The van der Waals surface area contributed by atoms with E-state index < -0.39 is 0 Å². The van der Waals surface area contributed by atoms with Gasteiger partial charge in [-0.2, -0.15) is 0 Å². The fourth-order valence-electron chi connectivity index (χ4n) is 1.90. The maximum atomic E-state index is 6.19. The number of nitrogens with one attached hydrogen (secondary N) is 1. The third-order valence-electron chi connectivity index (χ3n) is 3.24. The first kappa shape index (κ1) is 18.7. The Hall–Kier alpha value is -0.380. The van der Waals surface area contributed by atoms with Crippen molar-refractivity contribution in [3.63, 3.8) is 0 Å². The molecule has 1 aromatic rings. The molecule has 0 radical (unpaired) electrons. The molecule has 0 heterocycles. The molecule has 0 aliphatic rings. The summed E-state index contributed by atoms with van der Waals surface area (Å²) in [5, 5.41) is 3.55. The van der Waals surface area contributed by atoms with Gasteiger partial charge in [0, 0.05) is 23.2 Å². The summed E-state index contributed by atoms with van der Waals surface area (Å²) in [6, 6.07) is 8.32. The minimum absolute atomic E-state index is 0.0714. The van der Waals surface area contributed by atoms with Crippen molar-refractivity contribution in [2.24, 2.45) is 5.41 Å². The van der Waals surface area contributed by atoms with Crippen LogP contribution in [0.4, 0.5) is 0 Å². The van der Waals surface area contributed by atoms with Gasteiger partial charge in [0.25, 0.3) is 0 Å². The van der Waals surface area contributed by atoms with Gasteiger partial charge in [-0.05, 0) is 44.2 Å². The molecule has 1 aromatic carbocycles. The molecule has 0 amide bonds. The first-order chi connectivity index (χ1) is 9.58. The van der Waals surface area contributed by atoms with Crippen LogP contribution in [0.3, 0.4) is 0 Å². The van der Waals surface area contributed by atoms with E-state index in [1.165, 1.54) is 5.56 Å². The summed E-state index contributed by atoms with van der Waals surface area (Å²) in [6.45, 7) is 14.9. The molecule has 0 aromatic heterocycles. The van der Waals surface area contributed by atoms with Crippen molar-refractivity contribution in [1.29, 1.82) is 0 Å². The normalized spacial score (nSPS) is 14.2. The maximum Gasteiger partial charge on any atom is 0.0960 e.